The van der Waals surface area contributed by atoms with Gasteiger partial charge in [0.05, 0.1) is 23.2 Å². The molecule has 1 heterocycles. The van der Waals surface area contributed by atoms with Crippen LogP contribution in [0.15, 0.2) is 78.9 Å². The Bertz CT molecular complexity index is 1600. The van der Waals surface area contributed by atoms with E-state index in [1.54, 1.807) is 0 Å². The Kier molecular flexibility index (Phi) is 9.74. The van der Waals surface area contributed by atoms with Crippen molar-refractivity contribution in [2.24, 2.45) is 5.41 Å². The molecule has 2 atom stereocenters. The molecule has 1 aliphatic carbocycles. The van der Waals surface area contributed by atoms with E-state index in [-0.39, 0.29) is 17.1 Å². The van der Waals surface area contributed by atoms with Crippen LogP contribution in [-0.2, 0) is 21.3 Å². The molecule has 4 nitrogen and oxygen atoms in total. The molecular formula is C35H37ClNO3PS. The van der Waals surface area contributed by atoms with E-state index in [0.29, 0.717) is 5.02 Å². The molecule has 0 bridgehead atoms. The molecule has 0 saturated heterocycles. The summed E-state index contributed by atoms with van der Waals surface area (Å²) >= 11 is 8.08. The van der Waals surface area contributed by atoms with Crippen LogP contribution in [0.1, 0.15) is 72.7 Å². The van der Waals surface area contributed by atoms with Gasteiger partial charge >= 0.3 is 5.97 Å². The lowest BCUT2D eigenvalue weighted by molar-refractivity contribution is -0.138. The van der Waals surface area contributed by atoms with Gasteiger partial charge in [-0.3, -0.25) is 4.79 Å². The predicted molar refractivity (Wildman–Crippen MR) is 180 cm³/mol. The van der Waals surface area contributed by atoms with E-state index in [4.69, 9.17) is 21.1 Å². The van der Waals surface area contributed by atoms with Crippen molar-refractivity contribution >= 4 is 61.9 Å². The lowest BCUT2D eigenvalue weighted by Crippen LogP contribution is -2.19. The van der Waals surface area contributed by atoms with Crippen LogP contribution in [0.4, 0.5) is 0 Å². The van der Waals surface area contributed by atoms with Gasteiger partial charge in [-0.15, -0.1) is 0 Å². The number of carbonyl (C=O) groups is 1. The first-order valence-corrected chi connectivity index (χ1v) is 16.2. The standard InChI is InChI=1S/C35H37ClNO3PS/c1-34(2,40-41)30-9-4-3-7-25(30)13-17-32(42-23-35(18-19-35)22-33(38)39)27-8-5-6-24(20-27)10-15-29-16-12-26-11-14-28(36)21-31(26)37-29/h3-12,14-16,20-21,32H,13,17-19,22-23,41H2,1-2H3,(H,38,39)/b15-10+/t32-/m1/s1. The number of hydrogen-bond acceptors (Lipinski definition) is 4. The molecule has 218 valence electrons. The minimum Gasteiger partial charge on any atom is -0.481 e. The highest BCUT2D eigenvalue weighted by Crippen LogP contribution is 2.53. The number of carboxylic acids is 1. The third-order valence-electron chi connectivity index (χ3n) is 8.12. The summed E-state index contributed by atoms with van der Waals surface area (Å²) in [5.74, 6) is 0.157. The number of thioether (sulfide) groups is 1. The fourth-order valence-corrected chi connectivity index (χ4v) is 7.27. The molecule has 4 aromatic rings. The minimum atomic E-state index is -0.699. The van der Waals surface area contributed by atoms with Gasteiger partial charge in [0.1, 0.15) is 0 Å². The van der Waals surface area contributed by atoms with Crippen LogP contribution in [0.5, 0.6) is 0 Å². The quantitative estimate of drug-likeness (QED) is 0.151. The largest absolute Gasteiger partial charge is 0.481 e. The number of nitrogens with zero attached hydrogens (tertiary/aromatic N) is 1. The van der Waals surface area contributed by atoms with Gasteiger partial charge in [-0.2, -0.15) is 11.8 Å². The number of hydrogen-bond donors (Lipinski definition) is 1. The first kappa shape index (κ1) is 30.8. The maximum absolute atomic E-state index is 11.5. The van der Waals surface area contributed by atoms with Gasteiger partial charge < -0.3 is 9.63 Å². The summed E-state index contributed by atoms with van der Waals surface area (Å²) in [5.41, 5.74) is 6.11. The number of pyridine rings is 1. The number of carboxylic acid groups (broad SMARTS) is 1. The Hall–Kier alpha value is -2.69. The van der Waals surface area contributed by atoms with E-state index in [1.165, 1.54) is 16.7 Å². The highest BCUT2D eigenvalue weighted by molar-refractivity contribution is 7.99. The molecule has 42 heavy (non-hydrogen) atoms. The van der Waals surface area contributed by atoms with E-state index in [1.807, 2.05) is 42.1 Å². The highest BCUT2D eigenvalue weighted by atomic mass is 35.5. The Morgan fingerprint density at radius 3 is 2.64 bits per heavy atom. The second-order valence-electron chi connectivity index (χ2n) is 11.8. The Labute approximate surface area is 260 Å². The van der Waals surface area contributed by atoms with Gasteiger partial charge in [0.15, 0.2) is 0 Å². The number of rotatable bonds is 13. The first-order chi connectivity index (χ1) is 20.2. The van der Waals surface area contributed by atoms with E-state index >= 15 is 0 Å². The molecule has 5 rings (SSSR count). The second-order valence-corrected chi connectivity index (χ2v) is 13.6. The van der Waals surface area contributed by atoms with Crippen LogP contribution < -0.4 is 0 Å². The Balaban J connectivity index is 1.38. The summed E-state index contributed by atoms with van der Waals surface area (Å²) in [7, 11) is 2.41. The number of fused-ring (bicyclic) bond motifs is 1. The molecule has 0 aliphatic heterocycles. The molecule has 1 saturated carbocycles. The van der Waals surface area contributed by atoms with Crippen LogP contribution in [0.25, 0.3) is 23.1 Å². The van der Waals surface area contributed by atoms with Crippen molar-refractivity contribution in [3.05, 3.63) is 112 Å². The zero-order valence-electron chi connectivity index (χ0n) is 24.1. The van der Waals surface area contributed by atoms with Crippen LogP contribution in [0, 0.1) is 5.41 Å². The number of benzene rings is 3. The van der Waals surface area contributed by atoms with Crippen molar-refractivity contribution in [1.82, 2.24) is 4.98 Å². The number of aliphatic carboxylic acids is 1. The molecule has 0 amide bonds. The SMILES string of the molecule is CC(C)(OP)c1ccccc1CC[C@@H](SCC1(CC(=O)O)CC1)c1cccc(/C=C/c2ccc3ccc(Cl)cc3n2)c1. The van der Waals surface area contributed by atoms with Gasteiger partial charge in [0.2, 0.25) is 0 Å². The summed E-state index contributed by atoms with van der Waals surface area (Å²) in [4.78, 5) is 16.3. The molecule has 7 heteroatoms. The number of halogens is 1. The Morgan fingerprint density at radius 2 is 1.88 bits per heavy atom. The van der Waals surface area contributed by atoms with E-state index in [9.17, 15) is 9.90 Å². The smallest absolute Gasteiger partial charge is 0.303 e. The molecule has 3 aromatic carbocycles. The summed E-state index contributed by atoms with van der Waals surface area (Å²) in [6, 6.07) is 27.0. The van der Waals surface area contributed by atoms with Crippen molar-refractivity contribution in [3.63, 3.8) is 0 Å². The molecule has 0 radical (unpaired) electrons. The van der Waals surface area contributed by atoms with Gasteiger partial charge in [0.25, 0.3) is 0 Å². The second kappa shape index (κ2) is 13.3. The lowest BCUT2D eigenvalue weighted by atomic mass is 9.90. The van der Waals surface area contributed by atoms with Crippen molar-refractivity contribution in [1.29, 1.82) is 0 Å². The zero-order chi connectivity index (χ0) is 29.7. The zero-order valence-corrected chi connectivity index (χ0v) is 26.8. The molecule has 0 spiro atoms. The average molecular weight is 618 g/mol. The van der Waals surface area contributed by atoms with Crippen LogP contribution in [0.2, 0.25) is 5.02 Å². The highest BCUT2D eigenvalue weighted by Gasteiger charge is 2.44. The fourth-order valence-electron chi connectivity index (χ4n) is 5.41. The molecule has 1 aliphatic rings. The van der Waals surface area contributed by atoms with Gasteiger partial charge in [-0.05, 0) is 91.5 Å². The topological polar surface area (TPSA) is 59.4 Å². The van der Waals surface area contributed by atoms with Gasteiger partial charge in [-0.25, -0.2) is 4.98 Å². The van der Waals surface area contributed by atoms with Crippen molar-refractivity contribution in [2.75, 3.05) is 5.75 Å². The van der Waals surface area contributed by atoms with Crippen molar-refractivity contribution < 1.29 is 14.4 Å². The lowest BCUT2D eigenvalue weighted by Gasteiger charge is -2.27. The molecular weight excluding hydrogens is 581 g/mol. The summed E-state index contributed by atoms with van der Waals surface area (Å²) in [6.07, 6.45) is 8.23. The normalized spacial score (nSPS) is 15.2. The van der Waals surface area contributed by atoms with Crippen LogP contribution in [0.3, 0.4) is 0 Å². The average Bonchev–Trinajstić information content (AvgIpc) is 3.74. The van der Waals surface area contributed by atoms with Crippen molar-refractivity contribution in [2.45, 2.75) is 56.8 Å². The van der Waals surface area contributed by atoms with Gasteiger partial charge in [0, 0.05) is 30.9 Å². The predicted octanol–water partition coefficient (Wildman–Crippen LogP) is 9.76. The minimum absolute atomic E-state index is 0.0654. The van der Waals surface area contributed by atoms with E-state index in [2.05, 4.69) is 84.0 Å². The first-order valence-electron chi connectivity index (χ1n) is 14.3. The van der Waals surface area contributed by atoms with E-state index < -0.39 is 11.6 Å². The summed E-state index contributed by atoms with van der Waals surface area (Å²) < 4.78 is 5.74. The van der Waals surface area contributed by atoms with Crippen molar-refractivity contribution in [3.8, 4) is 0 Å². The third-order valence-corrected chi connectivity index (χ3v) is 10.6. The molecule has 1 N–H and O–H groups in total. The number of aromatic nitrogens is 1. The Morgan fingerprint density at radius 1 is 1.10 bits per heavy atom. The molecule has 1 unspecified atom stereocenters. The summed E-state index contributed by atoms with van der Waals surface area (Å²) in [5, 5.41) is 11.4. The number of aryl methyl sites for hydroxylation is 1. The van der Waals surface area contributed by atoms with Crippen LogP contribution >= 0.6 is 32.8 Å². The fraction of sp³-hybridized carbons (Fsp3) is 0.314. The van der Waals surface area contributed by atoms with E-state index in [0.717, 1.165) is 53.6 Å². The summed E-state index contributed by atoms with van der Waals surface area (Å²) in [6.45, 7) is 4.17. The maximum atomic E-state index is 11.5. The monoisotopic (exact) mass is 617 g/mol. The van der Waals surface area contributed by atoms with Crippen LogP contribution in [-0.4, -0.2) is 21.8 Å². The maximum Gasteiger partial charge on any atom is 0.303 e. The molecule has 1 fully saturated rings. The van der Waals surface area contributed by atoms with Gasteiger partial charge in [-0.1, -0.05) is 78.3 Å². The molecule has 1 aromatic heterocycles. The third kappa shape index (κ3) is 7.82.